The van der Waals surface area contributed by atoms with Crippen LogP contribution in [-0.4, -0.2) is 48.7 Å². The largest absolute Gasteiger partial charge is 0.465 e. The van der Waals surface area contributed by atoms with Gasteiger partial charge >= 0.3 is 18.0 Å². The Kier molecular flexibility index (Phi) is 7.42. The fraction of sp³-hybridized carbons (Fsp3) is 0.524. The van der Waals surface area contributed by atoms with Gasteiger partial charge in [-0.1, -0.05) is 18.2 Å². The molecule has 9 nitrogen and oxygen atoms in total. The van der Waals surface area contributed by atoms with Gasteiger partial charge in [0.05, 0.1) is 12.3 Å². The Hall–Kier alpha value is -3.10. The summed E-state index contributed by atoms with van der Waals surface area (Å²) in [6.45, 7) is 7.85. The number of benzene rings is 1. The topological polar surface area (TPSA) is 111 Å². The highest BCUT2D eigenvalue weighted by molar-refractivity contribution is 6.03. The fourth-order valence-electron chi connectivity index (χ4n) is 3.14. The number of alkyl carbamates (subject to hydrolysis) is 1. The number of rotatable bonds is 5. The quantitative estimate of drug-likeness (QED) is 0.575. The summed E-state index contributed by atoms with van der Waals surface area (Å²) in [5.74, 6) is -1.66. The molecule has 0 fully saturated rings. The summed E-state index contributed by atoms with van der Waals surface area (Å²) in [5, 5.41) is 2.54. The van der Waals surface area contributed by atoms with Crippen LogP contribution in [0.5, 0.6) is 0 Å². The minimum atomic E-state index is -1.08. The molecule has 2 amide bonds. The number of fused-ring (bicyclic) bond motifs is 1. The minimum Gasteiger partial charge on any atom is -0.465 e. The van der Waals surface area contributed by atoms with E-state index in [1.807, 2.05) is 0 Å². The van der Waals surface area contributed by atoms with E-state index in [1.54, 1.807) is 52.0 Å². The Labute approximate surface area is 175 Å². The van der Waals surface area contributed by atoms with Crippen LogP contribution in [0.1, 0.15) is 52.7 Å². The average molecular weight is 420 g/mol. The van der Waals surface area contributed by atoms with E-state index in [1.165, 1.54) is 11.8 Å². The highest BCUT2D eigenvalue weighted by atomic mass is 16.6. The van der Waals surface area contributed by atoms with Crippen LogP contribution in [0.25, 0.3) is 0 Å². The van der Waals surface area contributed by atoms with Crippen LogP contribution >= 0.6 is 0 Å². The number of para-hydroxylation sites is 1. The predicted octanol–water partition coefficient (Wildman–Crippen LogP) is 2.48. The molecular weight excluding hydrogens is 392 g/mol. The standard InChI is InChI=1S/C21H28N2O7/c1-6-28-18(25)12-23-16-10-8-7-9-14(16)17(29-13(2)24)11-15(19(23)26)22-20(27)30-21(3,4)5/h7-10,15,17H,6,11-12H2,1-5H3,(H,22,27)/t15-,17?/m0/s1. The van der Waals surface area contributed by atoms with Gasteiger partial charge in [0.15, 0.2) is 0 Å². The number of carbonyl (C=O) groups excluding carboxylic acids is 4. The van der Waals surface area contributed by atoms with Crippen LogP contribution in [0, 0.1) is 0 Å². The smallest absolute Gasteiger partial charge is 0.408 e. The number of ether oxygens (including phenoxy) is 3. The van der Waals surface area contributed by atoms with E-state index in [0.29, 0.717) is 11.3 Å². The van der Waals surface area contributed by atoms with E-state index in [0.717, 1.165) is 0 Å². The zero-order chi connectivity index (χ0) is 22.5. The summed E-state index contributed by atoms with van der Waals surface area (Å²) >= 11 is 0. The molecule has 0 spiro atoms. The van der Waals surface area contributed by atoms with Crippen molar-refractivity contribution in [2.24, 2.45) is 0 Å². The van der Waals surface area contributed by atoms with Crippen molar-refractivity contribution in [3.8, 4) is 0 Å². The van der Waals surface area contributed by atoms with Gasteiger partial charge < -0.3 is 19.5 Å². The van der Waals surface area contributed by atoms with Gasteiger partial charge in [0, 0.05) is 18.9 Å². The van der Waals surface area contributed by atoms with Crippen molar-refractivity contribution < 1.29 is 33.4 Å². The lowest BCUT2D eigenvalue weighted by atomic mass is 10.0. The van der Waals surface area contributed by atoms with Crippen LogP contribution < -0.4 is 10.2 Å². The maximum Gasteiger partial charge on any atom is 0.408 e. The molecule has 0 saturated carbocycles. The van der Waals surface area contributed by atoms with Crippen molar-refractivity contribution in [3.05, 3.63) is 29.8 Å². The van der Waals surface area contributed by atoms with Crippen LogP contribution in [0.15, 0.2) is 24.3 Å². The molecule has 1 heterocycles. The monoisotopic (exact) mass is 420 g/mol. The third kappa shape index (κ3) is 6.20. The number of amides is 2. The van der Waals surface area contributed by atoms with Gasteiger partial charge in [-0.05, 0) is 33.8 Å². The van der Waals surface area contributed by atoms with E-state index in [9.17, 15) is 19.2 Å². The molecule has 30 heavy (non-hydrogen) atoms. The average Bonchev–Trinajstić information content (AvgIpc) is 2.71. The predicted molar refractivity (Wildman–Crippen MR) is 108 cm³/mol. The molecule has 1 aliphatic rings. The molecule has 1 unspecified atom stereocenters. The summed E-state index contributed by atoms with van der Waals surface area (Å²) < 4.78 is 15.7. The molecular formula is C21H28N2O7. The van der Waals surface area contributed by atoms with E-state index >= 15 is 0 Å². The molecule has 9 heteroatoms. The highest BCUT2D eigenvalue weighted by Crippen LogP contribution is 2.36. The number of nitrogens with one attached hydrogen (secondary N) is 1. The summed E-state index contributed by atoms with van der Waals surface area (Å²) in [4.78, 5) is 50.6. The third-order valence-electron chi connectivity index (χ3n) is 4.18. The summed E-state index contributed by atoms with van der Waals surface area (Å²) in [5.41, 5.74) is 0.204. The highest BCUT2D eigenvalue weighted by Gasteiger charge is 2.38. The first-order valence-corrected chi connectivity index (χ1v) is 9.74. The zero-order valence-corrected chi connectivity index (χ0v) is 17.9. The number of anilines is 1. The van der Waals surface area contributed by atoms with E-state index in [2.05, 4.69) is 5.32 Å². The molecule has 1 aliphatic heterocycles. The molecule has 2 rings (SSSR count). The molecule has 164 valence electrons. The lowest BCUT2D eigenvalue weighted by molar-refractivity contribution is -0.147. The second kappa shape index (κ2) is 9.60. The van der Waals surface area contributed by atoms with Crippen LogP contribution in [0.3, 0.4) is 0 Å². The molecule has 1 N–H and O–H groups in total. The van der Waals surface area contributed by atoms with Gasteiger partial charge in [0.2, 0.25) is 5.91 Å². The molecule has 0 aromatic heterocycles. The summed E-state index contributed by atoms with van der Waals surface area (Å²) in [6.07, 6.45) is -1.59. The molecule has 0 saturated heterocycles. The lowest BCUT2D eigenvalue weighted by Crippen LogP contribution is -2.50. The molecule has 0 bridgehead atoms. The number of carbonyl (C=O) groups is 4. The number of nitrogens with zero attached hydrogens (tertiary/aromatic N) is 1. The van der Waals surface area contributed by atoms with Gasteiger partial charge in [-0.15, -0.1) is 0 Å². The van der Waals surface area contributed by atoms with Gasteiger partial charge in [-0.3, -0.25) is 19.3 Å². The van der Waals surface area contributed by atoms with Crippen molar-refractivity contribution in [1.82, 2.24) is 5.32 Å². The normalized spacial score (nSPS) is 18.7. The fourth-order valence-corrected chi connectivity index (χ4v) is 3.14. The third-order valence-corrected chi connectivity index (χ3v) is 4.18. The van der Waals surface area contributed by atoms with Crippen molar-refractivity contribution >= 4 is 29.6 Å². The number of hydrogen-bond acceptors (Lipinski definition) is 7. The first-order chi connectivity index (χ1) is 14.0. The Morgan fingerprint density at radius 2 is 1.87 bits per heavy atom. The van der Waals surface area contributed by atoms with Crippen LogP contribution in [-0.2, 0) is 28.6 Å². The van der Waals surface area contributed by atoms with E-state index in [-0.39, 0.29) is 19.6 Å². The maximum absolute atomic E-state index is 13.3. The second-order valence-electron chi connectivity index (χ2n) is 7.82. The Morgan fingerprint density at radius 3 is 2.47 bits per heavy atom. The first kappa shape index (κ1) is 23.2. The summed E-state index contributed by atoms with van der Waals surface area (Å²) in [7, 11) is 0. The lowest BCUT2D eigenvalue weighted by Gasteiger charge is -2.26. The van der Waals surface area contributed by atoms with E-state index in [4.69, 9.17) is 14.2 Å². The van der Waals surface area contributed by atoms with Crippen molar-refractivity contribution in [1.29, 1.82) is 0 Å². The Morgan fingerprint density at radius 1 is 1.20 bits per heavy atom. The SMILES string of the molecule is CCOC(=O)CN1C(=O)[C@@H](NC(=O)OC(C)(C)C)CC(OC(C)=O)c2ccccc21. The van der Waals surface area contributed by atoms with Gasteiger partial charge in [-0.2, -0.15) is 0 Å². The second-order valence-corrected chi connectivity index (χ2v) is 7.82. The molecule has 0 aliphatic carbocycles. The Bertz CT molecular complexity index is 816. The van der Waals surface area contributed by atoms with E-state index < -0.39 is 41.7 Å². The number of hydrogen-bond donors (Lipinski definition) is 1. The first-order valence-electron chi connectivity index (χ1n) is 9.74. The minimum absolute atomic E-state index is 0.00596. The van der Waals surface area contributed by atoms with Gasteiger partial charge in [-0.25, -0.2) is 4.79 Å². The molecule has 2 atom stereocenters. The molecule has 1 aromatic carbocycles. The Balaban J connectivity index is 2.42. The maximum atomic E-state index is 13.3. The van der Waals surface area contributed by atoms with Crippen LogP contribution in [0.2, 0.25) is 0 Å². The summed E-state index contributed by atoms with van der Waals surface area (Å²) in [6, 6.07) is 5.73. The van der Waals surface area contributed by atoms with Gasteiger partial charge in [0.1, 0.15) is 24.3 Å². The number of esters is 2. The molecule has 0 radical (unpaired) electrons. The van der Waals surface area contributed by atoms with Crippen molar-refractivity contribution in [2.75, 3.05) is 18.1 Å². The van der Waals surface area contributed by atoms with Crippen molar-refractivity contribution in [3.63, 3.8) is 0 Å². The zero-order valence-electron chi connectivity index (χ0n) is 17.9. The van der Waals surface area contributed by atoms with Gasteiger partial charge in [0.25, 0.3) is 0 Å². The molecule has 1 aromatic rings. The van der Waals surface area contributed by atoms with Crippen LogP contribution in [0.4, 0.5) is 10.5 Å². The van der Waals surface area contributed by atoms with Crippen molar-refractivity contribution in [2.45, 2.75) is 58.8 Å².